The van der Waals surface area contributed by atoms with E-state index in [1.54, 1.807) is 49.1 Å². The van der Waals surface area contributed by atoms with Gasteiger partial charge in [-0.2, -0.15) is 12.7 Å². The lowest BCUT2D eigenvalue weighted by Gasteiger charge is -2.32. The van der Waals surface area contributed by atoms with Crippen LogP contribution in [0.3, 0.4) is 0 Å². The first kappa shape index (κ1) is 25.8. The molecule has 5 rings (SSSR count). The van der Waals surface area contributed by atoms with E-state index in [1.165, 1.54) is 6.20 Å². The van der Waals surface area contributed by atoms with Crippen LogP contribution in [-0.2, 0) is 14.9 Å². The molecule has 4 aromatic rings. The fraction of sp³-hybridized carbons (Fsp3) is 0.333. The van der Waals surface area contributed by atoms with Gasteiger partial charge in [0.1, 0.15) is 22.9 Å². The first-order valence-electron chi connectivity index (χ1n) is 11.8. The van der Waals surface area contributed by atoms with Gasteiger partial charge in [-0.1, -0.05) is 12.1 Å². The predicted octanol–water partition coefficient (Wildman–Crippen LogP) is 1.87. The van der Waals surface area contributed by atoms with Crippen LogP contribution in [-0.4, -0.2) is 77.8 Å². The van der Waals surface area contributed by atoms with Crippen molar-refractivity contribution in [1.29, 1.82) is 0 Å². The number of aromatic nitrogens is 5. The van der Waals surface area contributed by atoms with E-state index in [0.29, 0.717) is 58.2 Å². The molecule has 1 saturated heterocycles. The van der Waals surface area contributed by atoms with Gasteiger partial charge in [0, 0.05) is 12.6 Å². The molecular weight excluding hydrogens is 514 g/mol. The van der Waals surface area contributed by atoms with Gasteiger partial charge in [-0.25, -0.2) is 25.1 Å². The zero-order valence-electron chi connectivity index (χ0n) is 21.1. The van der Waals surface area contributed by atoms with Crippen LogP contribution in [0.4, 0.5) is 0 Å². The lowest BCUT2D eigenvalue weighted by molar-refractivity contribution is 0.0306. The van der Waals surface area contributed by atoms with Gasteiger partial charge in [-0.3, -0.25) is 4.57 Å². The number of hydrogen-bond acceptors (Lipinski definition) is 10. The van der Waals surface area contributed by atoms with Crippen LogP contribution in [0.5, 0.6) is 17.4 Å². The van der Waals surface area contributed by atoms with Crippen molar-refractivity contribution in [3.05, 3.63) is 48.3 Å². The third kappa shape index (κ3) is 4.74. The Bertz CT molecular complexity index is 1550. The van der Waals surface area contributed by atoms with Gasteiger partial charge in [-0.05, 0) is 25.1 Å². The molecule has 0 amide bonds. The normalized spacial score (nSPS) is 16.5. The molecule has 2 N–H and O–H groups in total. The summed E-state index contributed by atoms with van der Waals surface area (Å²) in [5.41, 5.74) is 2.01. The first-order valence-corrected chi connectivity index (χ1v) is 13.3. The summed E-state index contributed by atoms with van der Waals surface area (Å²) >= 11 is 0. The lowest BCUT2D eigenvalue weighted by Crippen LogP contribution is -2.46. The molecule has 1 aliphatic rings. The van der Waals surface area contributed by atoms with E-state index < -0.39 is 16.3 Å². The third-order valence-electron chi connectivity index (χ3n) is 6.01. The largest absolute Gasteiger partial charge is 0.494 e. The number of nitrogens with zero attached hydrogens (tertiary/aromatic N) is 6. The Balaban J connectivity index is 1.79. The van der Waals surface area contributed by atoms with Crippen molar-refractivity contribution < 1.29 is 27.4 Å². The Morgan fingerprint density at radius 2 is 1.82 bits per heavy atom. The molecule has 1 atom stereocenters. The highest BCUT2D eigenvalue weighted by atomic mass is 32.2. The smallest absolute Gasteiger partial charge is 0.277 e. The minimum Gasteiger partial charge on any atom is -0.494 e. The summed E-state index contributed by atoms with van der Waals surface area (Å²) in [5.74, 6) is 1.82. The molecule has 13 nitrogen and oxygen atoms in total. The maximum atomic E-state index is 12.3. The molecule has 1 aromatic carbocycles. The van der Waals surface area contributed by atoms with E-state index in [4.69, 9.17) is 34.1 Å². The molecule has 14 heteroatoms. The van der Waals surface area contributed by atoms with Crippen molar-refractivity contribution in [3.8, 4) is 34.6 Å². The van der Waals surface area contributed by atoms with Gasteiger partial charge in [-0.15, -0.1) is 0 Å². The molecular formula is C24H27N7O6S. The van der Waals surface area contributed by atoms with Gasteiger partial charge >= 0.3 is 0 Å². The number of para-hydroxylation sites is 1. The number of fused-ring (bicyclic) bond motifs is 1. The van der Waals surface area contributed by atoms with E-state index in [0.717, 1.165) is 4.31 Å². The van der Waals surface area contributed by atoms with Gasteiger partial charge in [0.05, 0.1) is 52.0 Å². The van der Waals surface area contributed by atoms with Crippen molar-refractivity contribution in [1.82, 2.24) is 28.8 Å². The number of rotatable bonds is 8. The predicted molar refractivity (Wildman–Crippen MR) is 138 cm³/mol. The molecule has 38 heavy (non-hydrogen) atoms. The zero-order valence-corrected chi connectivity index (χ0v) is 21.9. The summed E-state index contributed by atoms with van der Waals surface area (Å²) in [4.78, 5) is 18.7. The number of nitrogens with two attached hydrogens (primary N) is 1. The maximum absolute atomic E-state index is 12.3. The number of ether oxygens (including phenoxy) is 4. The van der Waals surface area contributed by atoms with E-state index in [1.807, 2.05) is 13.0 Å². The topological polar surface area (TPSA) is 157 Å². The van der Waals surface area contributed by atoms with Crippen LogP contribution < -0.4 is 19.3 Å². The highest BCUT2D eigenvalue weighted by molar-refractivity contribution is 7.86. The van der Waals surface area contributed by atoms with E-state index in [-0.39, 0.29) is 19.8 Å². The molecule has 4 heterocycles. The molecule has 0 bridgehead atoms. The highest BCUT2D eigenvalue weighted by Gasteiger charge is 2.34. The number of hydrogen-bond donors (Lipinski definition) is 1. The summed E-state index contributed by atoms with van der Waals surface area (Å²) in [6, 6.07) is 9.96. The third-order valence-corrected chi connectivity index (χ3v) is 7.10. The van der Waals surface area contributed by atoms with E-state index >= 15 is 0 Å². The second-order valence-electron chi connectivity index (χ2n) is 8.26. The van der Waals surface area contributed by atoms with Crippen LogP contribution in [0.1, 0.15) is 18.7 Å². The number of morpholine rings is 1. The molecule has 200 valence electrons. The van der Waals surface area contributed by atoms with Crippen LogP contribution in [0, 0.1) is 0 Å². The molecule has 0 radical (unpaired) electrons. The van der Waals surface area contributed by atoms with Crippen molar-refractivity contribution in [3.63, 3.8) is 0 Å². The fourth-order valence-electron chi connectivity index (χ4n) is 4.36. The number of benzene rings is 1. The summed E-state index contributed by atoms with van der Waals surface area (Å²) < 4.78 is 50.0. The SMILES string of the molecule is CCOc1cccc(-c2nc3ncc(C4COCCN4S(N)(=O)=O)nc3n2-c2c(OC)cccc2OC)n1. The van der Waals surface area contributed by atoms with Gasteiger partial charge in [0.25, 0.3) is 10.2 Å². The van der Waals surface area contributed by atoms with Crippen LogP contribution >= 0.6 is 0 Å². The summed E-state index contributed by atoms with van der Waals surface area (Å²) in [6.07, 6.45) is 1.48. The fourth-order valence-corrected chi connectivity index (χ4v) is 5.21. The van der Waals surface area contributed by atoms with Crippen LogP contribution in [0.15, 0.2) is 42.6 Å². The van der Waals surface area contributed by atoms with Gasteiger partial charge < -0.3 is 18.9 Å². The van der Waals surface area contributed by atoms with Gasteiger partial charge in [0.15, 0.2) is 17.1 Å². The molecule has 1 fully saturated rings. The Morgan fingerprint density at radius 1 is 1.08 bits per heavy atom. The second-order valence-corrected chi connectivity index (χ2v) is 9.76. The number of methoxy groups -OCH3 is 2. The first-order chi connectivity index (χ1) is 18.4. The summed E-state index contributed by atoms with van der Waals surface area (Å²) in [5, 5.41) is 5.49. The van der Waals surface area contributed by atoms with Crippen LogP contribution in [0.25, 0.3) is 28.5 Å². The van der Waals surface area contributed by atoms with Crippen molar-refractivity contribution >= 4 is 21.5 Å². The van der Waals surface area contributed by atoms with Crippen LogP contribution in [0.2, 0.25) is 0 Å². The monoisotopic (exact) mass is 541 g/mol. The number of imidazole rings is 1. The maximum Gasteiger partial charge on any atom is 0.277 e. The molecule has 3 aromatic heterocycles. The summed E-state index contributed by atoms with van der Waals surface area (Å²) in [7, 11) is -0.915. The molecule has 0 spiro atoms. The molecule has 1 unspecified atom stereocenters. The quantitative estimate of drug-likeness (QED) is 0.349. The molecule has 1 aliphatic heterocycles. The Morgan fingerprint density at radius 3 is 2.50 bits per heavy atom. The zero-order chi connectivity index (χ0) is 26.9. The Hall–Kier alpha value is -3.85. The van der Waals surface area contributed by atoms with Gasteiger partial charge in [0.2, 0.25) is 5.88 Å². The average Bonchev–Trinajstić information content (AvgIpc) is 3.31. The minimum absolute atomic E-state index is 0.0769. The average molecular weight is 542 g/mol. The summed E-state index contributed by atoms with van der Waals surface area (Å²) in [6.45, 7) is 2.73. The molecule has 0 aliphatic carbocycles. The Kier molecular flexibility index (Phi) is 7.12. The van der Waals surface area contributed by atoms with Crippen molar-refractivity contribution in [2.45, 2.75) is 13.0 Å². The standard InChI is InChI=1S/C24H27N7O6S/c1-4-37-20-10-5-7-15(27-20)23-29-22-24(31(23)21-18(34-2)8-6-9-19(21)35-3)28-16(13-26-22)17-14-36-12-11-30(17)38(25,32)33/h5-10,13,17H,4,11-12,14H2,1-3H3,(H2,25,32,33). The van der Waals surface area contributed by atoms with Crippen molar-refractivity contribution in [2.75, 3.05) is 40.6 Å². The van der Waals surface area contributed by atoms with E-state index in [2.05, 4.69) is 9.97 Å². The Labute approximate surface area is 219 Å². The number of pyridine rings is 1. The molecule has 0 saturated carbocycles. The van der Waals surface area contributed by atoms with Crippen molar-refractivity contribution in [2.24, 2.45) is 5.14 Å². The minimum atomic E-state index is -4.01. The highest BCUT2D eigenvalue weighted by Crippen LogP contribution is 2.38. The second kappa shape index (κ2) is 10.5. The van der Waals surface area contributed by atoms with E-state index in [9.17, 15) is 8.42 Å². The lowest BCUT2D eigenvalue weighted by atomic mass is 10.2.